The zero-order valence-electron chi connectivity index (χ0n) is 10.0. The first-order valence-electron chi connectivity index (χ1n) is 5.06. The molecule has 0 unspecified atom stereocenters. The molecule has 13 heavy (non-hydrogen) atoms. The van der Waals surface area contributed by atoms with E-state index < -0.39 is 36.8 Å². The van der Waals surface area contributed by atoms with Crippen molar-refractivity contribution >= 4 is 36.8 Å². The van der Waals surface area contributed by atoms with E-state index in [1.165, 1.54) is 0 Å². The summed E-state index contributed by atoms with van der Waals surface area (Å²) < 4.78 is 4.99. The molecular formula is C11H24Sn2. The molecule has 0 fully saturated rings. The number of hydrogen-bond donors (Lipinski definition) is 0. The Bertz CT molecular complexity index is 167. The van der Waals surface area contributed by atoms with E-state index in [4.69, 9.17) is 0 Å². The van der Waals surface area contributed by atoms with Gasteiger partial charge >= 0.3 is 93.1 Å². The van der Waals surface area contributed by atoms with E-state index in [-0.39, 0.29) is 0 Å². The number of allylic oxidation sites excluding steroid dienone is 2. The molecule has 0 aliphatic rings. The summed E-state index contributed by atoms with van der Waals surface area (Å²) in [5.74, 6) is 0. The Labute approximate surface area is 92.2 Å². The molecule has 0 radical (unpaired) electrons. The molecule has 76 valence electrons. The quantitative estimate of drug-likeness (QED) is 0.627. The molecule has 0 nitrogen and oxygen atoms in total. The minimum atomic E-state index is -1.61. The van der Waals surface area contributed by atoms with Crippen molar-refractivity contribution in [2.75, 3.05) is 0 Å². The molecule has 0 aromatic carbocycles. The van der Waals surface area contributed by atoms with Crippen LogP contribution in [-0.2, 0) is 0 Å². The second-order valence-corrected chi connectivity index (χ2v) is 34.7. The molecule has 2 heteroatoms. The molecule has 0 spiro atoms. The molecule has 0 aromatic rings. The van der Waals surface area contributed by atoms with Crippen molar-refractivity contribution < 1.29 is 0 Å². The van der Waals surface area contributed by atoms with E-state index in [0.717, 1.165) is 6.42 Å². The maximum absolute atomic E-state index is 2.50. The van der Waals surface area contributed by atoms with Gasteiger partial charge in [0.05, 0.1) is 0 Å². The molecule has 0 atom stereocenters. The zero-order valence-corrected chi connectivity index (χ0v) is 15.7. The van der Waals surface area contributed by atoms with Gasteiger partial charge in [-0.3, -0.25) is 0 Å². The number of rotatable bonds is 4. The Morgan fingerprint density at radius 1 is 0.692 bits per heavy atom. The van der Waals surface area contributed by atoms with Crippen LogP contribution < -0.4 is 0 Å². The van der Waals surface area contributed by atoms with E-state index >= 15 is 0 Å². The molecule has 0 saturated carbocycles. The van der Waals surface area contributed by atoms with Crippen molar-refractivity contribution in [2.24, 2.45) is 0 Å². The first kappa shape index (κ1) is 14.1. The molecule has 0 amide bonds. The number of hydrogen-bond acceptors (Lipinski definition) is 0. The van der Waals surface area contributed by atoms with Crippen LogP contribution >= 0.6 is 0 Å². The Hall–Kier alpha value is 1.08. The van der Waals surface area contributed by atoms with Crippen LogP contribution in [0.4, 0.5) is 0 Å². The summed E-state index contributed by atoms with van der Waals surface area (Å²) in [6.07, 6.45) is 5.89. The monoisotopic (exact) mass is 396 g/mol. The van der Waals surface area contributed by atoms with E-state index in [1.54, 1.807) is 0 Å². The first-order valence-corrected chi connectivity index (χ1v) is 25.5. The van der Waals surface area contributed by atoms with Gasteiger partial charge in [0, 0.05) is 0 Å². The third kappa shape index (κ3) is 13.1. The van der Waals surface area contributed by atoms with Crippen LogP contribution in [0.5, 0.6) is 0 Å². The first-order chi connectivity index (χ1) is 5.71. The Balaban J connectivity index is 3.81. The topological polar surface area (TPSA) is 0 Å². The third-order valence-electron chi connectivity index (χ3n) is 1.51. The van der Waals surface area contributed by atoms with Gasteiger partial charge in [0.2, 0.25) is 0 Å². The van der Waals surface area contributed by atoms with Crippen molar-refractivity contribution in [3.8, 4) is 0 Å². The average molecular weight is 394 g/mol. The fourth-order valence-electron chi connectivity index (χ4n) is 0.922. The van der Waals surface area contributed by atoms with Gasteiger partial charge in [-0.05, 0) is 0 Å². The fourth-order valence-corrected chi connectivity index (χ4v) is 5.73. The summed E-state index contributed by atoms with van der Waals surface area (Å²) in [5, 5.41) is 0. The summed E-state index contributed by atoms with van der Waals surface area (Å²) in [6, 6.07) is 0. The average Bonchev–Trinajstić information content (AvgIpc) is 1.81. The van der Waals surface area contributed by atoms with Gasteiger partial charge in [-0.1, -0.05) is 0 Å². The van der Waals surface area contributed by atoms with Crippen LogP contribution in [-0.4, -0.2) is 36.8 Å². The van der Waals surface area contributed by atoms with Gasteiger partial charge in [0.25, 0.3) is 0 Å². The van der Waals surface area contributed by atoms with Gasteiger partial charge in [0.15, 0.2) is 0 Å². The standard InChI is InChI=1S/C5H6.6CH3.2Sn/c1-3-5-4-2;;;;;;;;/h1-4H,5H2;6*1H3;;. The molecule has 0 N–H and O–H groups in total. The minimum absolute atomic E-state index is 1.16. The summed E-state index contributed by atoms with van der Waals surface area (Å²) in [5.41, 5.74) is 0. The van der Waals surface area contributed by atoms with Crippen molar-refractivity contribution in [3.05, 3.63) is 20.3 Å². The Morgan fingerprint density at radius 2 is 1.00 bits per heavy atom. The summed E-state index contributed by atoms with van der Waals surface area (Å²) in [4.78, 5) is 14.7. The van der Waals surface area contributed by atoms with Crippen LogP contribution in [0.2, 0.25) is 29.6 Å². The zero-order chi connectivity index (χ0) is 10.5. The van der Waals surface area contributed by atoms with Crippen molar-refractivity contribution in [2.45, 2.75) is 36.1 Å². The predicted octanol–water partition coefficient (Wildman–Crippen LogP) is 4.24. The van der Waals surface area contributed by atoms with Crippen LogP contribution in [0.15, 0.2) is 20.3 Å². The third-order valence-corrected chi connectivity index (χ3v) is 8.56. The van der Waals surface area contributed by atoms with Gasteiger partial charge in [0.1, 0.15) is 0 Å². The van der Waals surface area contributed by atoms with E-state index in [2.05, 4.69) is 50.0 Å². The van der Waals surface area contributed by atoms with Crippen molar-refractivity contribution in [1.29, 1.82) is 0 Å². The second kappa shape index (κ2) is 5.84. The van der Waals surface area contributed by atoms with Crippen LogP contribution in [0.1, 0.15) is 6.42 Å². The Kier molecular flexibility index (Phi) is 6.32. The van der Waals surface area contributed by atoms with E-state index in [9.17, 15) is 0 Å². The van der Waals surface area contributed by atoms with Crippen LogP contribution in [0, 0.1) is 0 Å². The van der Waals surface area contributed by atoms with Gasteiger partial charge < -0.3 is 0 Å². The molecule has 0 aliphatic heterocycles. The molecule has 0 aromatic heterocycles. The molecule has 0 bridgehead atoms. The summed E-state index contributed by atoms with van der Waals surface area (Å²) >= 11 is -3.21. The normalized spacial score (nSPS) is 14.6. The Morgan fingerprint density at radius 3 is 1.23 bits per heavy atom. The molecule has 0 saturated heterocycles. The van der Waals surface area contributed by atoms with Crippen LogP contribution in [0.25, 0.3) is 0 Å². The van der Waals surface area contributed by atoms with Crippen molar-refractivity contribution in [3.63, 3.8) is 0 Å². The summed E-state index contributed by atoms with van der Waals surface area (Å²) in [6.45, 7) is 0. The van der Waals surface area contributed by atoms with Gasteiger partial charge in [-0.2, -0.15) is 0 Å². The van der Waals surface area contributed by atoms with Gasteiger partial charge in [-0.25, -0.2) is 0 Å². The van der Waals surface area contributed by atoms with Crippen molar-refractivity contribution in [1.82, 2.24) is 0 Å². The predicted molar refractivity (Wildman–Crippen MR) is 69.6 cm³/mol. The maximum atomic E-state index is 2.50. The fraction of sp³-hybridized carbons (Fsp3) is 0.636. The molecule has 0 heterocycles. The summed E-state index contributed by atoms with van der Waals surface area (Å²) in [7, 11) is 0. The second-order valence-electron chi connectivity index (χ2n) is 5.77. The molecule has 0 rings (SSSR count). The van der Waals surface area contributed by atoms with Crippen LogP contribution in [0.3, 0.4) is 0 Å². The van der Waals surface area contributed by atoms with E-state index in [1.807, 2.05) is 0 Å². The molecular weight excluding hydrogens is 370 g/mol. The van der Waals surface area contributed by atoms with Gasteiger partial charge in [-0.15, -0.1) is 0 Å². The van der Waals surface area contributed by atoms with E-state index in [0.29, 0.717) is 0 Å². The molecule has 0 aliphatic carbocycles. The SMILES string of the molecule is [CH3][Sn]([CH3])([CH3])/[CH]=C/C/C=[CH]/[Sn]([CH3])([CH3])[CH3].